The molecule has 0 spiro atoms. The van der Waals surface area contributed by atoms with Crippen LogP contribution >= 0.6 is 11.9 Å². The number of hydrogen-bond donors (Lipinski definition) is 2. The highest BCUT2D eigenvalue weighted by Gasteiger charge is 2.44. The topological polar surface area (TPSA) is 61.3 Å². The first-order valence-electron chi connectivity index (χ1n) is 8.55. The number of aliphatic hydroxyl groups is 1. The van der Waals surface area contributed by atoms with Crippen molar-refractivity contribution in [1.29, 1.82) is 0 Å². The third-order valence-corrected chi connectivity index (χ3v) is 5.23. The summed E-state index contributed by atoms with van der Waals surface area (Å²) in [5.41, 5.74) is 2.84. The van der Waals surface area contributed by atoms with E-state index in [2.05, 4.69) is 14.7 Å². The Morgan fingerprint density at radius 2 is 2.15 bits per heavy atom. The van der Waals surface area contributed by atoms with E-state index in [9.17, 15) is 13.9 Å². The molecule has 2 aromatic rings. The van der Waals surface area contributed by atoms with Crippen LogP contribution in [0.15, 0.2) is 24.3 Å². The third-order valence-electron chi connectivity index (χ3n) is 4.80. The minimum Gasteiger partial charge on any atom is -0.389 e. The zero-order valence-corrected chi connectivity index (χ0v) is 15.2. The van der Waals surface area contributed by atoms with Gasteiger partial charge in [0, 0.05) is 37.2 Å². The van der Waals surface area contributed by atoms with Gasteiger partial charge in [-0.3, -0.25) is 4.72 Å². The Morgan fingerprint density at radius 3 is 2.88 bits per heavy atom. The average Bonchev–Trinajstić information content (AvgIpc) is 2.92. The van der Waals surface area contributed by atoms with Gasteiger partial charge in [0.15, 0.2) is 0 Å². The monoisotopic (exact) mass is 378 g/mol. The highest BCUT2D eigenvalue weighted by Crippen LogP contribution is 2.44. The minimum absolute atomic E-state index is 0.161. The van der Waals surface area contributed by atoms with Gasteiger partial charge in [0.1, 0.15) is 5.69 Å². The van der Waals surface area contributed by atoms with Crippen LogP contribution in [0, 0.1) is 0 Å². The predicted molar refractivity (Wildman–Crippen MR) is 98.3 cm³/mol. The largest absolute Gasteiger partial charge is 0.389 e. The Labute approximate surface area is 155 Å². The number of anilines is 1. The van der Waals surface area contributed by atoms with E-state index < -0.39 is 12.0 Å². The van der Waals surface area contributed by atoms with Gasteiger partial charge in [-0.2, -0.15) is 8.78 Å². The number of halogens is 2. The number of nitrogens with one attached hydrogen (secondary N) is 1. The van der Waals surface area contributed by atoms with Gasteiger partial charge in [0.05, 0.1) is 11.8 Å². The number of β-amino-alcohol motifs (C(OH)–C–C–N with tert-alkyl or cyclic N) is 1. The van der Waals surface area contributed by atoms with E-state index in [4.69, 9.17) is 0 Å². The number of benzene rings is 1. The molecular formula is C18H20F2N4OS. The second-order valence-corrected chi connectivity index (χ2v) is 7.39. The van der Waals surface area contributed by atoms with Gasteiger partial charge in [-0.25, -0.2) is 9.97 Å². The lowest BCUT2D eigenvalue weighted by molar-refractivity contribution is -0.00596. The second-order valence-electron chi connectivity index (χ2n) is 6.69. The molecule has 2 aliphatic rings. The summed E-state index contributed by atoms with van der Waals surface area (Å²) in [6.07, 6.45) is 1.55. The molecule has 1 aromatic carbocycles. The lowest BCUT2D eigenvalue weighted by Crippen LogP contribution is -2.51. The highest BCUT2D eigenvalue weighted by atomic mass is 32.2. The molecule has 1 aliphatic heterocycles. The Hall–Kier alpha value is -1.77. The standard InChI is InChI=1S/C18H20F2N4OS/c1-26-21-8-11-3-2-4-12(7-11)15-14-5-6-18(19,20)16(14)23-17(22-15)24-9-13(25)10-24/h2-4,7,13,21,25H,5-6,8-10H2,1H3. The van der Waals surface area contributed by atoms with E-state index in [1.54, 1.807) is 4.90 Å². The number of fused-ring (bicyclic) bond motifs is 1. The van der Waals surface area contributed by atoms with Crippen LogP contribution in [0.1, 0.15) is 23.2 Å². The van der Waals surface area contributed by atoms with Crippen molar-refractivity contribution in [2.45, 2.75) is 31.4 Å². The van der Waals surface area contributed by atoms with E-state index in [-0.39, 0.29) is 24.5 Å². The van der Waals surface area contributed by atoms with E-state index in [0.717, 1.165) is 11.1 Å². The first kappa shape index (κ1) is 17.6. The van der Waals surface area contributed by atoms with Crippen molar-refractivity contribution >= 4 is 17.9 Å². The van der Waals surface area contributed by atoms with Crippen LogP contribution in [0.4, 0.5) is 14.7 Å². The molecule has 1 fully saturated rings. The summed E-state index contributed by atoms with van der Waals surface area (Å²) in [6, 6.07) is 7.80. The molecule has 1 aliphatic carbocycles. The minimum atomic E-state index is -2.93. The smallest absolute Gasteiger partial charge is 0.290 e. The maximum Gasteiger partial charge on any atom is 0.290 e. The van der Waals surface area contributed by atoms with Crippen LogP contribution in [0.5, 0.6) is 0 Å². The van der Waals surface area contributed by atoms with E-state index in [0.29, 0.717) is 30.9 Å². The van der Waals surface area contributed by atoms with Crippen LogP contribution < -0.4 is 9.62 Å². The Kier molecular flexibility index (Phi) is 4.58. The first-order chi connectivity index (χ1) is 12.5. The molecule has 0 unspecified atom stereocenters. The average molecular weight is 378 g/mol. The molecule has 8 heteroatoms. The van der Waals surface area contributed by atoms with Crippen LogP contribution in [0.3, 0.4) is 0 Å². The molecule has 0 saturated carbocycles. The van der Waals surface area contributed by atoms with Crippen LogP contribution in [-0.4, -0.2) is 40.5 Å². The summed E-state index contributed by atoms with van der Waals surface area (Å²) in [7, 11) is 0. The zero-order chi connectivity index (χ0) is 18.3. The summed E-state index contributed by atoms with van der Waals surface area (Å²) >= 11 is 1.53. The summed E-state index contributed by atoms with van der Waals surface area (Å²) in [5, 5.41) is 9.53. The molecule has 0 radical (unpaired) electrons. The van der Waals surface area contributed by atoms with Crippen molar-refractivity contribution in [1.82, 2.24) is 14.7 Å². The lowest BCUT2D eigenvalue weighted by Gasteiger charge is -2.36. The molecule has 2 heterocycles. The molecule has 1 aromatic heterocycles. The highest BCUT2D eigenvalue weighted by molar-refractivity contribution is 7.96. The number of nitrogens with zero attached hydrogens (tertiary/aromatic N) is 3. The van der Waals surface area contributed by atoms with Crippen molar-refractivity contribution < 1.29 is 13.9 Å². The Balaban J connectivity index is 1.78. The molecule has 0 amide bonds. The second kappa shape index (κ2) is 6.75. The summed E-state index contributed by atoms with van der Waals surface area (Å²) in [5.74, 6) is -2.65. The van der Waals surface area contributed by atoms with Gasteiger partial charge in [0.2, 0.25) is 5.95 Å². The van der Waals surface area contributed by atoms with Gasteiger partial charge in [-0.05, 0) is 24.3 Å². The summed E-state index contributed by atoms with van der Waals surface area (Å²) < 4.78 is 31.9. The SMILES string of the molecule is CSNCc1cccc(-c2nc(N3CC(O)C3)nc3c2CCC3(F)F)c1. The Morgan fingerprint density at radius 1 is 1.35 bits per heavy atom. The number of aliphatic hydroxyl groups excluding tert-OH is 1. The van der Waals surface area contributed by atoms with Gasteiger partial charge >= 0.3 is 0 Å². The van der Waals surface area contributed by atoms with Gasteiger partial charge in [-0.15, -0.1) is 0 Å². The van der Waals surface area contributed by atoms with Crippen LogP contribution in [-0.2, 0) is 18.9 Å². The fraction of sp³-hybridized carbons (Fsp3) is 0.444. The van der Waals surface area contributed by atoms with E-state index in [1.165, 1.54) is 11.9 Å². The van der Waals surface area contributed by atoms with Crippen molar-refractivity contribution in [3.8, 4) is 11.3 Å². The molecule has 2 N–H and O–H groups in total. The fourth-order valence-electron chi connectivity index (χ4n) is 3.39. The molecule has 4 rings (SSSR count). The number of rotatable bonds is 5. The van der Waals surface area contributed by atoms with Gasteiger partial charge < -0.3 is 10.0 Å². The third kappa shape index (κ3) is 3.17. The van der Waals surface area contributed by atoms with E-state index >= 15 is 0 Å². The van der Waals surface area contributed by atoms with Gasteiger partial charge in [0.25, 0.3) is 5.92 Å². The first-order valence-corrected chi connectivity index (χ1v) is 9.78. The molecule has 26 heavy (non-hydrogen) atoms. The number of hydrogen-bond acceptors (Lipinski definition) is 6. The predicted octanol–water partition coefficient (Wildman–Crippen LogP) is 2.73. The van der Waals surface area contributed by atoms with Crippen LogP contribution in [0.25, 0.3) is 11.3 Å². The molecular weight excluding hydrogens is 358 g/mol. The number of aromatic nitrogens is 2. The maximum atomic E-state index is 14.3. The summed E-state index contributed by atoms with van der Waals surface area (Å²) in [6.45, 7) is 1.44. The normalized spacial score (nSPS) is 18.7. The van der Waals surface area contributed by atoms with Crippen molar-refractivity contribution in [3.05, 3.63) is 41.1 Å². The van der Waals surface area contributed by atoms with Crippen molar-refractivity contribution in [2.75, 3.05) is 24.2 Å². The molecule has 0 atom stereocenters. The van der Waals surface area contributed by atoms with Gasteiger partial charge in [-0.1, -0.05) is 30.1 Å². The quantitative estimate of drug-likeness (QED) is 0.781. The molecule has 5 nitrogen and oxygen atoms in total. The molecule has 0 bridgehead atoms. The van der Waals surface area contributed by atoms with E-state index in [1.807, 2.05) is 30.5 Å². The molecule has 1 saturated heterocycles. The summed E-state index contributed by atoms with van der Waals surface area (Å²) in [4.78, 5) is 10.5. The molecule has 138 valence electrons. The maximum absolute atomic E-state index is 14.3. The lowest BCUT2D eigenvalue weighted by atomic mass is 10.0. The van der Waals surface area contributed by atoms with Crippen LogP contribution in [0.2, 0.25) is 0 Å². The zero-order valence-electron chi connectivity index (χ0n) is 14.4. The van der Waals surface area contributed by atoms with Crippen molar-refractivity contribution in [3.63, 3.8) is 0 Å². The van der Waals surface area contributed by atoms with Crippen molar-refractivity contribution in [2.24, 2.45) is 0 Å². The number of alkyl halides is 2. The Bertz CT molecular complexity index is 827. The fourth-order valence-corrected chi connectivity index (χ4v) is 3.71.